The van der Waals surface area contributed by atoms with Crippen molar-refractivity contribution in [2.24, 2.45) is 0 Å². The zero-order valence-electron chi connectivity index (χ0n) is 17.1. The lowest BCUT2D eigenvalue weighted by Gasteiger charge is -2.39. The second-order valence-electron chi connectivity index (χ2n) is 8.79. The molecule has 2 rings (SSSR count). The minimum Gasteiger partial charge on any atom is -0.479 e. The summed E-state index contributed by atoms with van der Waals surface area (Å²) in [6.07, 6.45) is 0.0790. The minimum atomic E-state index is -2.34. The largest absolute Gasteiger partial charge is 0.479 e. The molecule has 0 radical (unpaired) electrons. The van der Waals surface area contributed by atoms with Gasteiger partial charge in [0, 0.05) is 6.42 Å². The number of hydrogen-bond acceptors (Lipinski definition) is 4. The van der Waals surface area contributed by atoms with Crippen molar-refractivity contribution >= 4 is 20.4 Å². The predicted octanol–water partition coefficient (Wildman–Crippen LogP) is 4.31. The van der Waals surface area contributed by atoms with Crippen molar-refractivity contribution < 1.29 is 23.9 Å². The number of alkyl carbamates (subject to hydrolysis) is 1. The molecule has 7 heteroatoms. The number of carboxylic acids is 1. The zero-order valence-corrected chi connectivity index (χ0v) is 18.1. The van der Waals surface area contributed by atoms with E-state index < -0.39 is 31.5 Å². The fraction of sp³-hybridized carbons (Fsp3) is 0.600. The number of rotatable bonds is 7. The van der Waals surface area contributed by atoms with E-state index in [4.69, 9.17) is 9.16 Å². The molecule has 0 heterocycles. The maximum atomic E-state index is 12.3. The second kappa shape index (κ2) is 7.28. The fourth-order valence-corrected chi connectivity index (χ4v) is 4.56. The standard InChI is InChI=1S/C20H31NO5Si/c1-7-19(21-17(24)25-13-15-11-9-8-10-12-15)14-20(19,16(22)23)26-27(5,6)18(2,3)4/h8-12H,7,13-14H2,1-6H3,(H,21,24)(H,22,23). The molecule has 0 aliphatic heterocycles. The van der Waals surface area contributed by atoms with Crippen LogP contribution in [0.1, 0.15) is 46.1 Å². The van der Waals surface area contributed by atoms with Gasteiger partial charge < -0.3 is 19.6 Å². The maximum absolute atomic E-state index is 12.3. The van der Waals surface area contributed by atoms with Gasteiger partial charge >= 0.3 is 12.1 Å². The van der Waals surface area contributed by atoms with Crippen LogP contribution in [-0.2, 0) is 20.6 Å². The molecule has 0 aromatic heterocycles. The number of carbonyl (C=O) groups is 2. The summed E-state index contributed by atoms with van der Waals surface area (Å²) in [4.78, 5) is 24.5. The van der Waals surface area contributed by atoms with Gasteiger partial charge in [0.1, 0.15) is 6.61 Å². The molecule has 1 aliphatic rings. The van der Waals surface area contributed by atoms with Crippen LogP contribution in [0.4, 0.5) is 4.79 Å². The number of aliphatic carboxylic acids is 1. The third-order valence-electron chi connectivity index (χ3n) is 5.94. The van der Waals surface area contributed by atoms with Gasteiger partial charge in [-0.2, -0.15) is 0 Å². The number of nitrogens with one attached hydrogen (secondary N) is 1. The molecule has 0 bridgehead atoms. The highest BCUT2D eigenvalue weighted by Crippen LogP contribution is 2.57. The summed E-state index contributed by atoms with van der Waals surface area (Å²) in [5, 5.41) is 12.6. The normalized spacial score (nSPS) is 25.0. The summed E-state index contributed by atoms with van der Waals surface area (Å²) >= 11 is 0. The summed E-state index contributed by atoms with van der Waals surface area (Å²) < 4.78 is 11.6. The number of amides is 1. The van der Waals surface area contributed by atoms with E-state index in [1.807, 2.05) is 50.3 Å². The molecular formula is C20H31NO5Si. The van der Waals surface area contributed by atoms with Gasteiger partial charge in [-0.25, -0.2) is 9.59 Å². The highest BCUT2D eigenvalue weighted by Gasteiger charge is 2.75. The first-order valence-electron chi connectivity index (χ1n) is 9.31. The molecule has 1 aromatic rings. The van der Waals surface area contributed by atoms with Crippen LogP contribution in [-0.4, -0.2) is 36.6 Å². The number of carbonyl (C=O) groups excluding carboxylic acids is 1. The molecule has 6 nitrogen and oxygen atoms in total. The smallest absolute Gasteiger partial charge is 0.408 e. The SMILES string of the molecule is CCC1(NC(=O)OCc2ccccc2)CC1(O[Si](C)(C)C(C)(C)C)C(=O)O. The van der Waals surface area contributed by atoms with Crippen LogP contribution in [0.5, 0.6) is 0 Å². The number of carboxylic acid groups (broad SMARTS) is 1. The Labute approximate surface area is 162 Å². The summed E-state index contributed by atoms with van der Waals surface area (Å²) in [6.45, 7) is 12.2. The Bertz CT molecular complexity index is 700. The first-order chi connectivity index (χ1) is 12.4. The van der Waals surface area contributed by atoms with Crippen molar-refractivity contribution in [1.82, 2.24) is 5.32 Å². The number of hydrogen-bond donors (Lipinski definition) is 2. The van der Waals surface area contributed by atoms with Gasteiger partial charge in [-0.1, -0.05) is 58.0 Å². The van der Waals surface area contributed by atoms with Crippen molar-refractivity contribution in [2.45, 2.75) is 76.4 Å². The van der Waals surface area contributed by atoms with Gasteiger partial charge in [-0.15, -0.1) is 0 Å². The summed E-state index contributed by atoms with van der Waals surface area (Å²) in [6, 6.07) is 9.35. The van der Waals surface area contributed by atoms with Gasteiger partial charge in [0.25, 0.3) is 0 Å². The molecule has 2 unspecified atom stereocenters. The first kappa shape index (κ1) is 21.4. The van der Waals surface area contributed by atoms with E-state index in [0.29, 0.717) is 6.42 Å². The lowest BCUT2D eigenvalue weighted by molar-refractivity contribution is -0.149. The van der Waals surface area contributed by atoms with Gasteiger partial charge in [0.15, 0.2) is 13.9 Å². The number of ether oxygens (including phenoxy) is 1. The Morgan fingerprint density at radius 2 is 1.81 bits per heavy atom. The average molecular weight is 394 g/mol. The Morgan fingerprint density at radius 3 is 2.30 bits per heavy atom. The molecule has 0 saturated heterocycles. The zero-order chi connectivity index (χ0) is 20.5. The van der Waals surface area contributed by atoms with Gasteiger partial charge in [0.05, 0.1) is 5.54 Å². The second-order valence-corrected chi connectivity index (χ2v) is 13.5. The molecule has 0 spiro atoms. The van der Waals surface area contributed by atoms with E-state index >= 15 is 0 Å². The third-order valence-corrected chi connectivity index (χ3v) is 10.4. The van der Waals surface area contributed by atoms with E-state index in [-0.39, 0.29) is 18.1 Å². The Morgan fingerprint density at radius 1 is 1.22 bits per heavy atom. The van der Waals surface area contributed by atoms with Crippen molar-refractivity contribution in [2.75, 3.05) is 0 Å². The molecule has 1 aromatic carbocycles. The third kappa shape index (κ3) is 4.19. The molecule has 1 fully saturated rings. The predicted molar refractivity (Wildman–Crippen MR) is 106 cm³/mol. The van der Waals surface area contributed by atoms with Gasteiger partial charge in [-0.05, 0) is 30.1 Å². The van der Waals surface area contributed by atoms with Crippen LogP contribution in [0, 0.1) is 0 Å². The summed E-state index contributed by atoms with van der Waals surface area (Å²) in [5.41, 5.74) is -1.46. The number of benzene rings is 1. The van der Waals surface area contributed by atoms with Crippen LogP contribution in [0.3, 0.4) is 0 Å². The van der Waals surface area contributed by atoms with Gasteiger partial charge in [0.2, 0.25) is 0 Å². The molecule has 1 amide bonds. The monoisotopic (exact) mass is 393 g/mol. The lowest BCUT2D eigenvalue weighted by atomic mass is 10.1. The Hall–Kier alpha value is -1.86. The molecule has 150 valence electrons. The van der Waals surface area contributed by atoms with Crippen molar-refractivity contribution in [1.29, 1.82) is 0 Å². The van der Waals surface area contributed by atoms with Crippen molar-refractivity contribution in [3.63, 3.8) is 0 Å². The van der Waals surface area contributed by atoms with Crippen LogP contribution in [0.15, 0.2) is 30.3 Å². The van der Waals surface area contributed by atoms with E-state index in [0.717, 1.165) is 5.56 Å². The summed E-state index contributed by atoms with van der Waals surface area (Å²) in [7, 11) is -2.34. The average Bonchev–Trinajstić information content (AvgIpc) is 3.20. The van der Waals surface area contributed by atoms with Crippen LogP contribution in [0.25, 0.3) is 0 Å². The molecule has 2 N–H and O–H groups in total. The molecular weight excluding hydrogens is 362 g/mol. The van der Waals surface area contributed by atoms with E-state index in [2.05, 4.69) is 26.1 Å². The van der Waals surface area contributed by atoms with E-state index in [1.54, 1.807) is 0 Å². The lowest BCUT2D eigenvalue weighted by Crippen LogP contribution is -2.54. The molecule has 27 heavy (non-hydrogen) atoms. The van der Waals surface area contributed by atoms with Gasteiger partial charge in [-0.3, -0.25) is 0 Å². The van der Waals surface area contributed by atoms with Crippen LogP contribution < -0.4 is 5.32 Å². The van der Waals surface area contributed by atoms with Crippen molar-refractivity contribution in [3.05, 3.63) is 35.9 Å². The topological polar surface area (TPSA) is 84.9 Å². The van der Waals surface area contributed by atoms with E-state index in [1.165, 1.54) is 0 Å². The summed E-state index contributed by atoms with van der Waals surface area (Å²) in [5.74, 6) is -1.03. The van der Waals surface area contributed by atoms with Crippen LogP contribution in [0.2, 0.25) is 18.1 Å². The van der Waals surface area contributed by atoms with Crippen molar-refractivity contribution in [3.8, 4) is 0 Å². The molecule has 1 aliphatic carbocycles. The highest BCUT2D eigenvalue weighted by molar-refractivity contribution is 6.74. The highest BCUT2D eigenvalue weighted by atomic mass is 28.4. The van der Waals surface area contributed by atoms with Crippen LogP contribution >= 0.6 is 0 Å². The Kier molecular flexibility index (Phi) is 5.78. The molecule has 2 atom stereocenters. The first-order valence-corrected chi connectivity index (χ1v) is 12.2. The molecule has 1 saturated carbocycles. The maximum Gasteiger partial charge on any atom is 0.408 e. The quantitative estimate of drug-likeness (QED) is 0.674. The van der Waals surface area contributed by atoms with E-state index in [9.17, 15) is 14.7 Å². The minimum absolute atomic E-state index is 0.134. The Balaban J connectivity index is 2.11. The fourth-order valence-electron chi connectivity index (χ4n) is 3.03.